The zero-order chi connectivity index (χ0) is 13.1. The molecule has 2 rings (SSSR count). The van der Waals surface area contributed by atoms with Crippen molar-refractivity contribution in [1.29, 1.82) is 0 Å². The van der Waals surface area contributed by atoms with Gasteiger partial charge in [-0.15, -0.1) is 0 Å². The van der Waals surface area contributed by atoms with E-state index in [2.05, 4.69) is 24.0 Å². The molecule has 0 unspecified atom stereocenters. The predicted octanol–water partition coefficient (Wildman–Crippen LogP) is 2.53. The lowest BCUT2D eigenvalue weighted by molar-refractivity contribution is 0.401. The van der Waals surface area contributed by atoms with Crippen LogP contribution in [0.5, 0.6) is 5.75 Å². The van der Waals surface area contributed by atoms with E-state index in [-0.39, 0.29) is 0 Å². The molecule has 2 aromatic rings. The Bertz CT molecular complexity index is 535. The molecule has 0 spiro atoms. The molecule has 1 heterocycles. The van der Waals surface area contributed by atoms with Gasteiger partial charge in [0.2, 0.25) is 0 Å². The largest absolute Gasteiger partial charge is 0.496 e. The second-order valence-corrected chi connectivity index (χ2v) is 4.57. The summed E-state index contributed by atoms with van der Waals surface area (Å²) in [6.07, 6.45) is 0.792. The van der Waals surface area contributed by atoms with Gasteiger partial charge in [-0.2, -0.15) is 4.98 Å². The molecule has 96 valence electrons. The topological polar surface area (TPSA) is 74.2 Å². The van der Waals surface area contributed by atoms with E-state index in [9.17, 15) is 0 Å². The van der Waals surface area contributed by atoms with E-state index >= 15 is 0 Å². The maximum absolute atomic E-state index is 5.71. The first-order chi connectivity index (χ1) is 8.60. The van der Waals surface area contributed by atoms with Crippen LogP contribution in [0.3, 0.4) is 0 Å². The lowest BCUT2D eigenvalue weighted by atomic mass is 10.1. The van der Waals surface area contributed by atoms with Crippen LogP contribution in [0.1, 0.15) is 19.7 Å². The van der Waals surface area contributed by atoms with E-state index < -0.39 is 0 Å². The number of anilines is 1. The minimum atomic E-state index is 0.461. The summed E-state index contributed by atoms with van der Waals surface area (Å²) in [5.41, 5.74) is 7.10. The van der Waals surface area contributed by atoms with E-state index in [1.165, 1.54) is 0 Å². The number of hydrogen-bond acceptors (Lipinski definition) is 5. The van der Waals surface area contributed by atoms with Crippen LogP contribution >= 0.6 is 0 Å². The third kappa shape index (κ3) is 2.61. The first-order valence-electron chi connectivity index (χ1n) is 5.86. The summed E-state index contributed by atoms with van der Waals surface area (Å²) < 4.78 is 10.5. The third-order valence-corrected chi connectivity index (χ3v) is 2.51. The molecule has 0 radical (unpaired) electrons. The Hall–Kier alpha value is -2.04. The summed E-state index contributed by atoms with van der Waals surface area (Å²) in [4.78, 5) is 4.36. The lowest BCUT2D eigenvalue weighted by Crippen LogP contribution is -1.96. The minimum absolute atomic E-state index is 0.461. The summed E-state index contributed by atoms with van der Waals surface area (Å²) in [5, 5.41) is 3.96. The number of ether oxygens (including phenoxy) is 1. The summed E-state index contributed by atoms with van der Waals surface area (Å²) in [6, 6.07) is 5.34. The second kappa shape index (κ2) is 5.08. The van der Waals surface area contributed by atoms with E-state index in [4.69, 9.17) is 15.0 Å². The molecule has 18 heavy (non-hydrogen) atoms. The van der Waals surface area contributed by atoms with E-state index in [1.54, 1.807) is 19.2 Å². The number of hydrogen-bond donors (Lipinski definition) is 1. The quantitative estimate of drug-likeness (QED) is 0.840. The summed E-state index contributed by atoms with van der Waals surface area (Å²) in [5.74, 6) is 2.29. The van der Waals surface area contributed by atoms with Crippen LogP contribution in [0.2, 0.25) is 0 Å². The van der Waals surface area contributed by atoms with Gasteiger partial charge in [0.25, 0.3) is 5.89 Å². The Labute approximate surface area is 106 Å². The molecule has 0 bridgehead atoms. The highest BCUT2D eigenvalue weighted by atomic mass is 16.5. The highest BCUT2D eigenvalue weighted by Gasteiger charge is 2.14. The minimum Gasteiger partial charge on any atom is -0.496 e. The molecule has 0 fully saturated rings. The number of rotatable bonds is 4. The molecular weight excluding hydrogens is 230 g/mol. The molecule has 0 saturated heterocycles. The average Bonchev–Trinajstić information content (AvgIpc) is 2.76. The number of benzene rings is 1. The summed E-state index contributed by atoms with van der Waals surface area (Å²) in [7, 11) is 1.59. The van der Waals surface area contributed by atoms with Crippen LogP contribution < -0.4 is 10.5 Å². The summed E-state index contributed by atoms with van der Waals surface area (Å²) >= 11 is 0. The van der Waals surface area contributed by atoms with Crippen molar-refractivity contribution in [3.63, 3.8) is 0 Å². The van der Waals surface area contributed by atoms with Crippen LogP contribution in [0.25, 0.3) is 11.5 Å². The van der Waals surface area contributed by atoms with Gasteiger partial charge in [-0.3, -0.25) is 0 Å². The molecule has 1 aromatic heterocycles. The molecule has 0 aliphatic carbocycles. The Morgan fingerprint density at radius 1 is 1.39 bits per heavy atom. The SMILES string of the molecule is COc1cc(N)ccc1-c1nc(CC(C)C)no1. The van der Waals surface area contributed by atoms with Gasteiger partial charge in [-0.25, -0.2) is 0 Å². The fourth-order valence-electron chi connectivity index (χ4n) is 1.70. The molecule has 0 aliphatic heterocycles. The van der Waals surface area contributed by atoms with Crippen molar-refractivity contribution in [2.45, 2.75) is 20.3 Å². The van der Waals surface area contributed by atoms with Crippen molar-refractivity contribution < 1.29 is 9.26 Å². The number of nitrogens with zero attached hydrogens (tertiary/aromatic N) is 2. The zero-order valence-corrected chi connectivity index (χ0v) is 10.8. The fraction of sp³-hybridized carbons (Fsp3) is 0.385. The number of nitrogen functional groups attached to an aromatic ring is 1. The van der Waals surface area contributed by atoms with Crippen LogP contribution in [-0.4, -0.2) is 17.3 Å². The number of nitrogens with two attached hydrogens (primary N) is 1. The molecule has 0 atom stereocenters. The van der Waals surface area contributed by atoms with Gasteiger partial charge < -0.3 is 15.0 Å². The van der Waals surface area contributed by atoms with Gasteiger partial charge >= 0.3 is 0 Å². The normalized spacial score (nSPS) is 10.9. The second-order valence-electron chi connectivity index (χ2n) is 4.57. The van der Waals surface area contributed by atoms with Crippen molar-refractivity contribution in [1.82, 2.24) is 10.1 Å². The Morgan fingerprint density at radius 2 is 2.17 bits per heavy atom. The van der Waals surface area contributed by atoms with E-state index in [1.807, 2.05) is 6.07 Å². The summed E-state index contributed by atoms with van der Waals surface area (Å²) in [6.45, 7) is 4.22. The van der Waals surface area contributed by atoms with Gasteiger partial charge in [-0.1, -0.05) is 19.0 Å². The monoisotopic (exact) mass is 247 g/mol. The smallest absolute Gasteiger partial charge is 0.261 e. The lowest BCUT2D eigenvalue weighted by Gasteiger charge is -2.05. The van der Waals surface area contributed by atoms with Crippen molar-refractivity contribution in [3.8, 4) is 17.2 Å². The van der Waals surface area contributed by atoms with Crippen LogP contribution in [0.4, 0.5) is 5.69 Å². The predicted molar refractivity (Wildman–Crippen MR) is 69.2 cm³/mol. The number of methoxy groups -OCH3 is 1. The molecule has 0 aliphatic rings. The third-order valence-electron chi connectivity index (χ3n) is 2.51. The molecule has 0 saturated carbocycles. The average molecular weight is 247 g/mol. The van der Waals surface area contributed by atoms with E-state index in [0.29, 0.717) is 29.1 Å². The van der Waals surface area contributed by atoms with Crippen molar-refractivity contribution >= 4 is 5.69 Å². The van der Waals surface area contributed by atoms with Gasteiger partial charge in [-0.05, 0) is 18.1 Å². The first-order valence-corrected chi connectivity index (χ1v) is 5.86. The highest BCUT2D eigenvalue weighted by molar-refractivity contribution is 5.66. The molecule has 0 amide bonds. The van der Waals surface area contributed by atoms with Crippen LogP contribution in [0.15, 0.2) is 22.7 Å². The fourth-order valence-corrected chi connectivity index (χ4v) is 1.70. The van der Waals surface area contributed by atoms with Crippen LogP contribution in [-0.2, 0) is 6.42 Å². The maximum atomic E-state index is 5.71. The standard InChI is InChI=1S/C13H17N3O2/c1-8(2)6-12-15-13(18-16-12)10-5-4-9(14)7-11(10)17-3/h4-5,7-8H,6,14H2,1-3H3. The maximum Gasteiger partial charge on any atom is 0.261 e. The highest BCUT2D eigenvalue weighted by Crippen LogP contribution is 2.30. The molecule has 1 aromatic carbocycles. The Morgan fingerprint density at radius 3 is 2.83 bits per heavy atom. The molecule has 2 N–H and O–H groups in total. The first kappa shape index (κ1) is 12.4. The van der Waals surface area contributed by atoms with Crippen molar-refractivity contribution in [3.05, 3.63) is 24.0 Å². The van der Waals surface area contributed by atoms with Gasteiger partial charge in [0.15, 0.2) is 5.82 Å². The van der Waals surface area contributed by atoms with E-state index in [0.717, 1.165) is 12.0 Å². The van der Waals surface area contributed by atoms with Gasteiger partial charge in [0.05, 0.1) is 12.7 Å². The molecule has 5 heteroatoms. The number of aromatic nitrogens is 2. The van der Waals surface area contributed by atoms with Gasteiger partial charge in [0.1, 0.15) is 5.75 Å². The zero-order valence-electron chi connectivity index (χ0n) is 10.8. The Kier molecular flexibility index (Phi) is 3.50. The van der Waals surface area contributed by atoms with Gasteiger partial charge in [0, 0.05) is 18.2 Å². The molecular formula is C13H17N3O2. The van der Waals surface area contributed by atoms with Crippen molar-refractivity contribution in [2.24, 2.45) is 5.92 Å². The Balaban J connectivity index is 2.33. The van der Waals surface area contributed by atoms with Crippen molar-refractivity contribution in [2.75, 3.05) is 12.8 Å². The molecule has 5 nitrogen and oxygen atoms in total. The van der Waals surface area contributed by atoms with Crippen LogP contribution in [0, 0.1) is 5.92 Å².